The fourth-order valence-electron chi connectivity index (χ4n) is 2.69. The topological polar surface area (TPSA) is 65.7 Å². The number of esters is 1. The smallest absolute Gasteiger partial charge is 0.344 e. The number of benzene rings is 2. The molecule has 1 aromatic heterocycles. The lowest BCUT2D eigenvalue weighted by atomic mass is 10.1. The second kappa shape index (κ2) is 7.44. The van der Waals surface area contributed by atoms with Crippen LogP contribution in [0.1, 0.15) is 22.3 Å². The SMILES string of the molecule is Cc1ccc(C)c(COC(=O)COc2ccc3c(C)cc(=O)oc3c2)c1. The molecule has 0 radical (unpaired) electrons. The molecule has 0 aliphatic carbocycles. The van der Waals surface area contributed by atoms with Crippen LogP contribution in [0, 0.1) is 20.8 Å². The highest BCUT2D eigenvalue weighted by molar-refractivity contribution is 5.81. The molecule has 3 aromatic rings. The molecule has 2 aromatic carbocycles. The van der Waals surface area contributed by atoms with Crippen LogP contribution in [0.25, 0.3) is 11.0 Å². The monoisotopic (exact) mass is 352 g/mol. The number of rotatable bonds is 5. The van der Waals surface area contributed by atoms with Gasteiger partial charge in [-0.25, -0.2) is 9.59 Å². The number of aryl methyl sites for hydroxylation is 3. The normalized spacial score (nSPS) is 10.7. The molecule has 26 heavy (non-hydrogen) atoms. The van der Waals surface area contributed by atoms with Crippen LogP contribution in [0.15, 0.2) is 51.7 Å². The van der Waals surface area contributed by atoms with Gasteiger partial charge in [0.25, 0.3) is 0 Å². The lowest BCUT2D eigenvalue weighted by Crippen LogP contribution is -2.15. The first-order valence-electron chi connectivity index (χ1n) is 8.31. The van der Waals surface area contributed by atoms with E-state index in [1.807, 2.05) is 39.0 Å². The zero-order valence-corrected chi connectivity index (χ0v) is 15.0. The van der Waals surface area contributed by atoms with E-state index in [9.17, 15) is 9.59 Å². The largest absolute Gasteiger partial charge is 0.482 e. The lowest BCUT2D eigenvalue weighted by Gasteiger charge is -2.10. The summed E-state index contributed by atoms with van der Waals surface area (Å²) in [5, 5.41) is 0.828. The van der Waals surface area contributed by atoms with Crippen LogP contribution in [0.2, 0.25) is 0 Å². The van der Waals surface area contributed by atoms with E-state index in [0.717, 1.165) is 27.6 Å². The fraction of sp³-hybridized carbons (Fsp3) is 0.238. The molecule has 0 atom stereocenters. The average Bonchev–Trinajstić information content (AvgIpc) is 2.60. The lowest BCUT2D eigenvalue weighted by molar-refractivity contribution is -0.147. The van der Waals surface area contributed by atoms with Gasteiger partial charge >= 0.3 is 11.6 Å². The molecule has 0 unspecified atom stereocenters. The summed E-state index contributed by atoms with van der Waals surface area (Å²) in [6.45, 7) is 5.80. The van der Waals surface area contributed by atoms with Gasteiger partial charge in [-0.15, -0.1) is 0 Å². The second-order valence-electron chi connectivity index (χ2n) is 6.29. The molecular weight excluding hydrogens is 332 g/mol. The molecule has 0 amide bonds. The Morgan fingerprint density at radius 3 is 2.62 bits per heavy atom. The molecule has 0 saturated heterocycles. The molecule has 0 spiro atoms. The van der Waals surface area contributed by atoms with E-state index in [1.54, 1.807) is 18.2 Å². The van der Waals surface area contributed by atoms with Gasteiger partial charge in [-0.05, 0) is 49.6 Å². The molecule has 0 aliphatic rings. The van der Waals surface area contributed by atoms with Crippen molar-refractivity contribution in [3.05, 3.63) is 75.1 Å². The summed E-state index contributed by atoms with van der Waals surface area (Å²) in [6, 6.07) is 12.6. The third-order valence-electron chi connectivity index (χ3n) is 4.17. The Labute approximate surface area is 151 Å². The van der Waals surface area contributed by atoms with Crippen molar-refractivity contribution in [1.29, 1.82) is 0 Å². The summed E-state index contributed by atoms with van der Waals surface area (Å²) in [5.74, 6) is -0.0216. The summed E-state index contributed by atoms with van der Waals surface area (Å²) in [4.78, 5) is 23.4. The number of carbonyl (C=O) groups is 1. The predicted molar refractivity (Wildman–Crippen MR) is 98.4 cm³/mol. The maximum atomic E-state index is 11.9. The Morgan fingerprint density at radius 1 is 1.00 bits per heavy atom. The van der Waals surface area contributed by atoms with E-state index in [2.05, 4.69) is 0 Å². The molecule has 0 N–H and O–H groups in total. The van der Waals surface area contributed by atoms with Crippen molar-refractivity contribution in [3.63, 3.8) is 0 Å². The quantitative estimate of drug-likeness (QED) is 0.516. The van der Waals surface area contributed by atoms with E-state index >= 15 is 0 Å². The first-order chi connectivity index (χ1) is 12.4. The van der Waals surface area contributed by atoms with Crippen molar-refractivity contribution < 1.29 is 18.7 Å². The van der Waals surface area contributed by atoms with Crippen molar-refractivity contribution in [2.75, 3.05) is 6.61 Å². The van der Waals surface area contributed by atoms with E-state index in [4.69, 9.17) is 13.9 Å². The fourth-order valence-corrected chi connectivity index (χ4v) is 2.69. The van der Waals surface area contributed by atoms with Crippen LogP contribution in [0.5, 0.6) is 5.75 Å². The van der Waals surface area contributed by atoms with Crippen molar-refractivity contribution in [1.82, 2.24) is 0 Å². The summed E-state index contributed by atoms with van der Waals surface area (Å²) in [7, 11) is 0. The van der Waals surface area contributed by atoms with Crippen LogP contribution in [0.4, 0.5) is 0 Å². The zero-order valence-electron chi connectivity index (χ0n) is 15.0. The number of fused-ring (bicyclic) bond motifs is 1. The van der Waals surface area contributed by atoms with E-state index in [-0.39, 0.29) is 13.2 Å². The van der Waals surface area contributed by atoms with Gasteiger partial charge in [0.2, 0.25) is 0 Å². The zero-order chi connectivity index (χ0) is 18.7. The number of hydrogen-bond acceptors (Lipinski definition) is 5. The minimum atomic E-state index is -0.461. The van der Waals surface area contributed by atoms with Crippen LogP contribution in [-0.4, -0.2) is 12.6 Å². The maximum Gasteiger partial charge on any atom is 0.344 e. The van der Waals surface area contributed by atoms with Crippen molar-refractivity contribution in [2.24, 2.45) is 0 Å². The summed E-state index contributed by atoms with van der Waals surface area (Å²) in [6.07, 6.45) is 0. The van der Waals surface area contributed by atoms with E-state index in [0.29, 0.717) is 11.3 Å². The third-order valence-corrected chi connectivity index (χ3v) is 4.17. The van der Waals surface area contributed by atoms with Gasteiger partial charge in [0, 0.05) is 17.5 Å². The van der Waals surface area contributed by atoms with E-state index < -0.39 is 11.6 Å². The van der Waals surface area contributed by atoms with Gasteiger partial charge < -0.3 is 13.9 Å². The predicted octanol–water partition coefficient (Wildman–Crippen LogP) is 3.84. The number of hydrogen-bond donors (Lipinski definition) is 0. The molecule has 134 valence electrons. The van der Waals surface area contributed by atoms with Gasteiger partial charge in [0.1, 0.15) is 17.9 Å². The molecule has 0 fully saturated rings. The highest BCUT2D eigenvalue weighted by Gasteiger charge is 2.09. The average molecular weight is 352 g/mol. The number of carbonyl (C=O) groups excluding carboxylic acids is 1. The summed E-state index contributed by atoms with van der Waals surface area (Å²) >= 11 is 0. The second-order valence-corrected chi connectivity index (χ2v) is 6.29. The highest BCUT2D eigenvalue weighted by Crippen LogP contribution is 2.22. The Balaban J connectivity index is 1.61. The first-order valence-corrected chi connectivity index (χ1v) is 8.31. The Hall–Kier alpha value is -3.08. The summed E-state index contributed by atoms with van der Waals surface area (Å²) < 4.78 is 15.9. The van der Waals surface area contributed by atoms with Crippen LogP contribution >= 0.6 is 0 Å². The van der Waals surface area contributed by atoms with Crippen molar-refractivity contribution in [2.45, 2.75) is 27.4 Å². The molecule has 1 heterocycles. The van der Waals surface area contributed by atoms with Crippen LogP contribution in [-0.2, 0) is 16.1 Å². The number of ether oxygens (including phenoxy) is 2. The third kappa shape index (κ3) is 4.11. The molecular formula is C21H20O5. The minimum Gasteiger partial charge on any atom is -0.482 e. The van der Waals surface area contributed by atoms with Gasteiger partial charge in [-0.3, -0.25) is 0 Å². The molecule has 5 nitrogen and oxygen atoms in total. The van der Waals surface area contributed by atoms with Crippen LogP contribution in [0.3, 0.4) is 0 Å². The first kappa shape index (κ1) is 17.7. The van der Waals surface area contributed by atoms with E-state index in [1.165, 1.54) is 6.07 Å². The van der Waals surface area contributed by atoms with Crippen molar-refractivity contribution >= 4 is 16.9 Å². The maximum absolute atomic E-state index is 11.9. The molecule has 5 heteroatoms. The molecule has 0 saturated carbocycles. The molecule has 0 bridgehead atoms. The highest BCUT2D eigenvalue weighted by atomic mass is 16.6. The van der Waals surface area contributed by atoms with Gasteiger partial charge in [0.05, 0.1) is 0 Å². The van der Waals surface area contributed by atoms with Crippen molar-refractivity contribution in [3.8, 4) is 5.75 Å². The standard InChI is InChI=1S/C21H20O5/c1-13-4-5-14(2)16(8-13)11-25-21(23)12-24-17-6-7-18-15(3)9-20(22)26-19(18)10-17/h4-10H,11-12H2,1-3H3. The minimum absolute atomic E-state index is 0.210. The van der Waals surface area contributed by atoms with Gasteiger partial charge in [-0.2, -0.15) is 0 Å². The van der Waals surface area contributed by atoms with Gasteiger partial charge in [-0.1, -0.05) is 23.8 Å². The Kier molecular flexibility index (Phi) is 5.07. The van der Waals surface area contributed by atoms with Gasteiger partial charge in [0.15, 0.2) is 6.61 Å². The Morgan fingerprint density at radius 2 is 1.81 bits per heavy atom. The Bertz CT molecular complexity index is 1020. The van der Waals surface area contributed by atoms with Crippen LogP contribution < -0.4 is 10.4 Å². The summed E-state index contributed by atoms with van der Waals surface area (Å²) in [5.41, 5.74) is 4.00. The molecule has 3 rings (SSSR count). The molecule has 0 aliphatic heterocycles.